The fourth-order valence-electron chi connectivity index (χ4n) is 5.32. The maximum atomic E-state index is 13.2. The highest BCUT2D eigenvalue weighted by atomic mass is 35.5. The van der Waals surface area contributed by atoms with Crippen LogP contribution >= 0.6 is 11.6 Å². The van der Waals surface area contributed by atoms with Gasteiger partial charge in [0.15, 0.2) is 5.65 Å². The first-order valence-corrected chi connectivity index (χ1v) is 15.5. The number of fused-ring (bicyclic) bond motifs is 1. The number of nitrogen functional groups attached to an aromatic ring is 1. The van der Waals surface area contributed by atoms with Crippen molar-refractivity contribution in [3.63, 3.8) is 0 Å². The number of hydrogen-bond donors (Lipinski definition) is 1. The van der Waals surface area contributed by atoms with E-state index in [-0.39, 0.29) is 15.8 Å². The summed E-state index contributed by atoms with van der Waals surface area (Å²) in [7, 11) is -2.36. The van der Waals surface area contributed by atoms with Gasteiger partial charge in [0.1, 0.15) is 10.7 Å². The van der Waals surface area contributed by atoms with Gasteiger partial charge in [-0.25, -0.2) is 13.4 Å². The smallest absolute Gasteiger partial charge is 0.265 e. The maximum absolute atomic E-state index is 13.2. The van der Waals surface area contributed by atoms with Gasteiger partial charge in [-0.2, -0.15) is 9.61 Å². The third kappa shape index (κ3) is 5.26. The van der Waals surface area contributed by atoms with Crippen molar-refractivity contribution in [2.45, 2.75) is 11.8 Å². The topological polar surface area (TPSA) is 117 Å². The molecule has 1 fully saturated rings. The number of halogens is 1. The molecule has 0 atom stereocenters. The van der Waals surface area contributed by atoms with Gasteiger partial charge >= 0.3 is 0 Å². The quantitative estimate of drug-likeness (QED) is 0.292. The van der Waals surface area contributed by atoms with Gasteiger partial charge in [-0.15, -0.1) is 0 Å². The van der Waals surface area contributed by atoms with Gasteiger partial charge < -0.3 is 15.5 Å². The van der Waals surface area contributed by atoms with E-state index >= 15 is 0 Å². The molecule has 0 aliphatic carbocycles. The molecule has 1 amide bonds. The highest BCUT2D eigenvalue weighted by Gasteiger charge is 2.24. The first-order chi connectivity index (χ1) is 20.6. The molecule has 3 heterocycles. The first kappa shape index (κ1) is 28.5. The lowest BCUT2D eigenvalue weighted by molar-refractivity contribution is -0.129. The fourth-order valence-corrected chi connectivity index (χ4v) is 7.00. The van der Waals surface area contributed by atoms with Gasteiger partial charge in [0, 0.05) is 63.2 Å². The Morgan fingerprint density at radius 1 is 0.907 bits per heavy atom. The average molecular weight is 616 g/mol. The summed E-state index contributed by atoms with van der Waals surface area (Å²) in [5.74, 6) is 0.519. The predicted molar refractivity (Wildman–Crippen MR) is 170 cm³/mol. The minimum absolute atomic E-state index is 0.0396. The summed E-state index contributed by atoms with van der Waals surface area (Å²) >= 11 is 6.16. The zero-order valence-corrected chi connectivity index (χ0v) is 25.3. The Balaban J connectivity index is 1.26. The van der Waals surface area contributed by atoms with E-state index in [9.17, 15) is 13.2 Å². The number of rotatable bonds is 6. The van der Waals surface area contributed by atoms with E-state index in [2.05, 4.69) is 22.1 Å². The third-order valence-corrected chi connectivity index (χ3v) is 10.1. The van der Waals surface area contributed by atoms with Crippen molar-refractivity contribution in [1.82, 2.24) is 19.5 Å². The van der Waals surface area contributed by atoms with Crippen LogP contribution in [-0.2, 0) is 14.8 Å². The van der Waals surface area contributed by atoms with E-state index in [0.717, 1.165) is 35.5 Å². The van der Waals surface area contributed by atoms with Crippen LogP contribution in [0, 0.1) is 0 Å². The van der Waals surface area contributed by atoms with Crippen LogP contribution in [0.5, 0.6) is 0 Å². The molecular weight excluding hydrogens is 586 g/mol. The monoisotopic (exact) mass is 615 g/mol. The van der Waals surface area contributed by atoms with Crippen LogP contribution in [0.4, 0.5) is 17.2 Å². The summed E-state index contributed by atoms with van der Waals surface area (Å²) in [5.41, 5.74) is 12.0. The average Bonchev–Trinajstić information content (AvgIpc) is 3.46. The number of piperazine rings is 1. The molecule has 5 aromatic rings. The predicted octanol–water partition coefficient (Wildman–Crippen LogP) is 4.79. The van der Waals surface area contributed by atoms with E-state index in [1.807, 2.05) is 17.0 Å². The van der Waals surface area contributed by atoms with Gasteiger partial charge in [0.2, 0.25) is 5.91 Å². The Bertz CT molecular complexity index is 1940. The minimum Gasteiger partial charge on any atom is -0.383 e. The number of hydrogen-bond acceptors (Lipinski definition) is 7. The highest BCUT2D eigenvalue weighted by molar-refractivity contribution is 7.93. The molecule has 1 aliphatic heterocycles. The van der Waals surface area contributed by atoms with Crippen molar-refractivity contribution >= 4 is 50.4 Å². The standard InChI is InChI=1S/C31H30ClN7O3S/c1-21(40)37-14-16-38(17-15-37)25-7-5-6-23(18-25)27-20-35-39-30(33)26(19-34-31(27)39)22-10-12-24(13-11-22)36(2)43(41,42)29-9-4-3-8-28(29)32/h3-13,18-20H,14-17,33H2,1-2H3. The Hall–Kier alpha value is -4.61. The Labute approximate surface area is 255 Å². The lowest BCUT2D eigenvalue weighted by Crippen LogP contribution is -2.48. The van der Waals surface area contributed by atoms with Crippen molar-refractivity contribution < 1.29 is 13.2 Å². The van der Waals surface area contributed by atoms with Crippen molar-refractivity contribution in [3.05, 3.63) is 90.2 Å². The van der Waals surface area contributed by atoms with Crippen LogP contribution in [0.2, 0.25) is 5.02 Å². The van der Waals surface area contributed by atoms with Crippen LogP contribution in [0.15, 0.2) is 90.1 Å². The van der Waals surface area contributed by atoms with Crippen molar-refractivity contribution in [2.75, 3.05) is 48.2 Å². The molecule has 43 heavy (non-hydrogen) atoms. The van der Waals surface area contributed by atoms with Gasteiger partial charge in [-0.3, -0.25) is 9.10 Å². The van der Waals surface area contributed by atoms with Crippen LogP contribution in [0.3, 0.4) is 0 Å². The summed E-state index contributed by atoms with van der Waals surface area (Å²) in [6.45, 7) is 4.55. The minimum atomic E-state index is -3.85. The molecular formula is C31H30ClN7O3S. The van der Waals surface area contributed by atoms with Gasteiger partial charge in [-0.05, 0) is 47.5 Å². The van der Waals surface area contributed by atoms with Crippen LogP contribution in [0.25, 0.3) is 27.9 Å². The molecule has 2 aromatic heterocycles. The molecule has 0 bridgehead atoms. The summed E-state index contributed by atoms with van der Waals surface area (Å²) in [4.78, 5) is 20.6. The SMILES string of the molecule is CC(=O)N1CCN(c2cccc(-c3cnn4c(N)c(-c5ccc(N(C)S(=O)(=O)c6ccccc6Cl)cc5)cnc34)c2)CC1. The molecule has 0 unspecified atom stereocenters. The number of nitrogens with zero attached hydrogens (tertiary/aromatic N) is 6. The van der Waals surface area contributed by atoms with Crippen LogP contribution in [-0.4, -0.2) is 67.0 Å². The zero-order chi connectivity index (χ0) is 30.3. The number of sulfonamides is 1. The first-order valence-electron chi connectivity index (χ1n) is 13.7. The molecule has 1 saturated heterocycles. The summed E-state index contributed by atoms with van der Waals surface area (Å²) in [6, 6.07) is 21.6. The molecule has 0 saturated carbocycles. The Morgan fingerprint density at radius 3 is 2.33 bits per heavy atom. The van der Waals surface area contributed by atoms with Crippen molar-refractivity contribution in [2.24, 2.45) is 0 Å². The lowest BCUT2D eigenvalue weighted by Gasteiger charge is -2.35. The molecule has 12 heteroatoms. The second-order valence-corrected chi connectivity index (χ2v) is 12.7. The van der Waals surface area contributed by atoms with E-state index in [4.69, 9.17) is 22.3 Å². The molecule has 6 rings (SSSR count). The molecule has 2 N–H and O–H groups in total. The van der Waals surface area contributed by atoms with Gasteiger partial charge in [0.05, 0.1) is 16.9 Å². The highest BCUT2D eigenvalue weighted by Crippen LogP contribution is 2.33. The fraction of sp³-hybridized carbons (Fsp3) is 0.194. The maximum Gasteiger partial charge on any atom is 0.265 e. The summed E-state index contributed by atoms with van der Waals surface area (Å²) in [6.07, 6.45) is 3.47. The lowest BCUT2D eigenvalue weighted by atomic mass is 10.1. The van der Waals surface area contributed by atoms with E-state index in [1.165, 1.54) is 17.4 Å². The molecule has 3 aromatic carbocycles. The third-order valence-electron chi connectivity index (χ3n) is 7.83. The number of anilines is 3. The van der Waals surface area contributed by atoms with Crippen LogP contribution < -0.4 is 14.9 Å². The Morgan fingerprint density at radius 2 is 1.63 bits per heavy atom. The largest absolute Gasteiger partial charge is 0.383 e. The van der Waals surface area contributed by atoms with E-state index < -0.39 is 10.0 Å². The van der Waals surface area contributed by atoms with Gasteiger partial charge in [0.25, 0.3) is 10.0 Å². The molecule has 220 valence electrons. The molecule has 0 spiro atoms. The number of carbonyl (C=O) groups is 1. The number of aromatic nitrogens is 3. The van der Waals surface area contributed by atoms with Gasteiger partial charge in [-0.1, -0.05) is 48.0 Å². The molecule has 10 nitrogen and oxygen atoms in total. The number of benzene rings is 3. The van der Waals surface area contributed by atoms with Crippen molar-refractivity contribution in [3.8, 4) is 22.3 Å². The molecule has 0 radical (unpaired) electrons. The summed E-state index contributed by atoms with van der Waals surface area (Å²) in [5, 5.41) is 4.71. The number of amides is 1. The van der Waals surface area contributed by atoms with E-state index in [0.29, 0.717) is 35.8 Å². The number of carbonyl (C=O) groups excluding carboxylic acids is 1. The Kier molecular flexibility index (Phi) is 7.45. The van der Waals surface area contributed by atoms with Crippen molar-refractivity contribution in [1.29, 1.82) is 0 Å². The van der Waals surface area contributed by atoms with Crippen LogP contribution in [0.1, 0.15) is 6.92 Å². The molecule has 1 aliphatic rings. The second-order valence-electron chi connectivity index (χ2n) is 10.3. The number of nitrogens with two attached hydrogens (primary N) is 1. The zero-order valence-electron chi connectivity index (χ0n) is 23.7. The normalized spacial score (nSPS) is 13.8. The second kappa shape index (κ2) is 11.2. The summed E-state index contributed by atoms with van der Waals surface area (Å²) < 4.78 is 29.1. The van der Waals surface area contributed by atoms with E-state index in [1.54, 1.807) is 66.3 Å².